The molecule has 0 amide bonds. The predicted octanol–water partition coefficient (Wildman–Crippen LogP) is 2.81. The zero-order valence-electron chi connectivity index (χ0n) is 11.7. The van der Waals surface area contributed by atoms with Gasteiger partial charge < -0.3 is 5.73 Å². The summed E-state index contributed by atoms with van der Waals surface area (Å²) >= 11 is 0. The fourth-order valence-electron chi connectivity index (χ4n) is 2.92. The summed E-state index contributed by atoms with van der Waals surface area (Å²) in [5, 5.41) is 12.0. The number of nitrogen functional groups attached to an aromatic ring is 1. The predicted molar refractivity (Wildman–Crippen MR) is 74.3 cm³/mol. The lowest BCUT2D eigenvalue weighted by Crippen LogP contribution is -2.12. The van der Waals surface area contributed by atoms with Crippen LogP contribution in [0, 0.1) is 11.2 Å². The first kappa shape index (κ1) is 13.0. The Hall–Kier alpha value is -1.98. The van der Waals surface area contributed by atoms with Gasteiger partial charge in [-0.15, -0.1) is 5.10 Å². The minimum Gasteiger partial charge on any atom is -0.396 e. The second kappa shape index (κ2) is 4.54. The molecule has 20 heavy (non-hydrogen) atoms. The van der Waals surface area contributed by atoms with Gasteiger partial charge in [0.25, 0.3) is 0 Å². The Balaban J connectivity index is 1.96. The van der Waals surface area contributed by atoms with Gasteiger partial charge in [0.15, 0.2) is 5.82 Å². The first-order chi connectivity index (χ1) is 9.46. The van der Waals surface area contributed by atoms with Crippen molar-refractivity contribution in [3.05, 3.63) is 24.0 Å². The molecular weight excluding hydrogens is 257 g/mol. The Labute approximate surface area is 117 Å². The summed E-state index contributed by atoms with van der Waals surface area (Å²) in [6.07, 6.45) is 3.26. The van der Waals surface area contributed by atoms with Crippen LogP contribution in [0.3, 0.4) is 0 Å². The number of nitrogens with zero attached hydrogens (tertiary/aromatic N) is 4. The third-order valence-electron chi connectivity index (χ3n) is 4.04. The number of hydrogen-bond acceptors (Lipinski definition) is 4. The van der Waals surface area contributed by atoms with E-state index in [9.17, 15) is 4.39 Å². The summed E-state index contributed by atoms with van der Waals surface area (Å²) in [5.74, 6) is 0.231. The van der Waals surface area contributed by atoms with Crippen LogP contribution in [-0.2, 0) is 0 Å². The van der Waals surface area contributed by atoms with Crippen LogP contribution in [0.4, 0.5) is 10.1 Å². The summed E-state index contributed by atoms with van der Waals surface area (Å²) in [7, 11) is 0. The maximum atomic E-state index is 13.3. The van der Waals surface area contributed by atoms with Gasteiger partial charge in [0.2, 0.25) is 0 Å². The molecule has 0 saturated heterocycles. The van der Waals surface area contributed by atoms with Crippen LogP contribution >= 0.6 is 0 Å². The van der Waals surface area contributed by atoms with Crippen molar-refractivity contribution < 1.29 is 4.39 Å². The molecule has 6 heteroatoms. The Morgan fingerprint density at radius 3 is 2.85 bits per heavy atom. The van der Waals surface area contributed by atoms with Gasteiger partial charge in [0, 0.05) is 5.56 Å². The average Bonchev–Trinajstić information content (AvgIpc) is 2.98. The van der Waals surface area contributed by atoms with Crippen molar-refractivity contribution >= 4 is 5.69 Å². The quantitative estimate of drug-likeness (QED) is 0.856. The number of halogens is 1. The molecule has 5 nitrogen and oxygen atoms in total. The van der Waals surface area contributed by atoms with Crippen molar-refractivity contribution in [1.82, 2.24) is 20.2 Å². The molecule has 1 saturated carbocycles. The van der Waals surface area contributed by atoms with Crippen molar-refractivity contribution in [2.24, 2.45) is 5.41 Å². The lowest BCUT2D eigenvalue weighted by atomic mass is 9.92. The molecule has 106 valence electrons. The average molecular weight is 275 g/mol. The van der Waals surface area contributed by atoms with Crippen molar-refractivity contribution in [1.29, 1.82) is 0 Å². The number of nitrogens with two attached hydrogens (primary N) is 1. The fraction of sp³-hybridized carbons (Fsp3) is 0.500. The standard InChI is InChI=1S/C14H18FN5/c1-14(2)6-5-10(8-14)20-13(17-18-19-20)9-3-4-11(15)12(16)7-9/h3-4,7,10H,5-6,8,16H2,1-2H3. The molecule has 0 spiro atoms. The van der Waals surface area contributed by atoms with E-state index in [1.54, 1.807) is 12.1 Å². The normalized spacial score (nSPS) is 21.2. The van der Waals surface area contributed by atoms with Crippen molar-refractivity contribution in [2.75, 3.05) is 5.73 Å². The van der Waals surface area contributed by atoms with Crippen LogP contribution in [0.2, 0.25) is 0 Å². The van der Waals surface area contributed by atoms with Gasteiger partial charge in [0.1, 0.15) is 5.82 Å². The zero-order chi connectivity index (χ0) is 14.3. The van der Waals surface area contributed by atoms with Crippen LogP contribution in [0.15, 0.2) is 18.2 Å². The molecule has 0 aliphatic heterocycles. The number of tetrazole rings is 1. The van der Waals surface area contributed by atoms with Gasteiger partial charge in [-0.1, -0.05) is 13.8 Å². The maximum absolute atomic E-state index is 13.3. The number of hydrogen-bond donors (Lipinski definition) is 1. The van der Waals surface area contributed by atoms with Crippen LogP contribution in [-0.4, -0.2) is 20.2 Å². The zero-order valence-corrected chi connectivity index (χ0v) is 11.7. The molecule has 1 fully saturated rings. The van der Waals surface area contributed by atoms with Gasteiger partial charge in [-0.2, -0.15) is 0 Å². The molecule has 2 aromatic rings. The van der Waals surface area contributed by atoms with Crippen LogP contribution < -0.4 is 5.73 Å². The van der Waals surface area contributed by atoms with Gasteiger partial charge >= 0.3 is 0 Å². The minimum absolute atomic E-state index is 0.115. The lowest BCUT2D eigenvalue weighted by Gasteiger charge is -2.17. The minimum atomic E-state index is -0.422. The van der Waals surface area contributed by atoms with E-state index in [4.69, 9.17) is 5.73 Å². The van der Waals surface area contributed by atoms with Crippen molar-refractivity contribution in [2.45, 2.75) is 39.2 Å². The van der Waals surface area contributed by atoms with Gasteiger partial charge in [0.05, 0.1) is 11.7 Å². The van der Waals surface area contributed by atoms with Crippen LogP contribution in [0.25, 0.3) is 11.4 Å². The summed E-state index contributed by atoms with van der Waals surface area (Å²) in [6, 6.07) is 4.88. The molecule has 0 bridgehead atoms. The Morgan fingerprint density at radius 2 is 2.20 bits per heavy atom. The molecule has 1 aromatic heterocycles. The molecule has 1 unspecified atom stereocenters. The van der Waals surface area contributed by atoms with E-state index in [1.807, 2.05) is 4.68 Å². The van der Waals surface area contributed by atoms with Crippen molar-refractivity contribution in [3.8, 4) is 11.4 Å². The molecule has 1 aliphatic carbocycles. The van der Waals surface area contributed by atoms with Crippen LogP contribution in [0.1, 0.15) is 39.2 Å². The van der Waals surface area contributed by atoms with E-state index >= 15 is 0 Å². The third-order valence-corrected chi connectivity index (χ3v) is 4.04. The summed E-state index contributed by atoms with van der Waals surface area (Å²) in [6.45, 7) is 4.51. The molecule has 1 heterocycles. The molecule has 0 radical (unpaired) electrons. The molecule has 3 rings (SSSR count). The monoisotopic (exact) mass is 275 g/mol. The topological polar surface area (TPSA) is 69.6 Å². The first-order valence-corrected chi connectivity index (χ1v) is 6.79. The largest absolute Gasteiger partial charge is 0.396 e. The Bertz CT molecular complexity index is 634. The summed E-state index contributed by atoms with van der Waals surface area (Å²) in [5.41, 5.74) is 6.80. The second-order valence-corrected chi connectivity index (χ2v) is 6.24. The highest BCUT2D eigenvalue weighted by Crippen LogP contribution is 2.44. The SMILES string of the molecule is CC1(C)CCC(n2nnnc2-c2ccc(F)c(N)c2)C1. The second-order valence-electron chi connectivity index (χ2n) is 6.24. The highest BCUT2D eigenvalue weighted by atomic mass is 19.1. The summed E-state index contributed by atoms with van der Waals surface area (Å²) < 4.78 is 15.1. The molecule has 1 aliphatic rings. The molecule has 2 N–H and O–H groups in total. The lowest BCUT2D eigenvalue weighted by molar-refractivity contribution is 0.349. The molecule has 1 atom stereocenters. The van der Waals surface area contributed by atoms with Crippen LogP contribution in [0.5, 0.6) is 0 Å². The highest BCUT2D eigenvalue weighted by molar-refractivity contribution is 5.61. The Kier molecular flexibility index (Phi) is 2.96. The van der Waals surface area contributed by atoms with Gasteiger partial charge in [-0.3, -0.25) is 0 Å². The molecular formula is C14H18FN5. The number of anilines is 1. The number of rotatable bonds is 2. The maximum Gasteiger partial charge on any atom is 0.182 e. The molecule has 1 aromatic carbocycles. The summed E-state index contributed by atoms with van der Waals surface area (Å²) in [4.78, 5) is 0. The van der Waals surface area contributed by atoms with E-state index in [2.05, 4.69) is 29.4 Å². The van der Waals surface area contributed by atoms with Gasteiger partial charge in [-0.25, -0.2) is 9.07 Å². The fourth-order valence-corrected chi connectivity index (χ4v) is 2.92. The van der Waals surface area contributed by atoms with Gasteiger partial charge in [-0.05, 0) is 53.3 Å². The van der Waals surface area contributed by atoms with E-state index in [1.165, 1.54) is 6.07 Å². The smallest absolute Gasteiger partial charge is 0.182 e. The third kappa shape index (κ3) is 2.26. The van der Waals surface area contributed by atoms with Crippen molar-refractivity contribution in [3.63, 3.8) is 0 Å². The van der Waals surface area contributed by atoms with E-state index in [0.29, 0.717) is 17.3 Å². The van der Waals surface area contributed by atoms with E-state index in [-0.39, 0.29) is 5.69 Å². The highest BCUT2D eigenvalue weighted by Gasteiger charge is 2.34. The first-order valence-electron chi connectivity index (χ1n) is 6.79. The van der Waals surface area contributed by atoms with E-state index in [0.717, 1.165) is 24.8 Å². The number of aromatic nitrogens is 4. The Morgan fingerprint density at radius 1 is 1.40 bits per heavy atom. The van der Waals surface area contributed by atoms with E-state index < -0.39 is 5.82 Å². The number of benzene rings is 1.